The summed E-state index contributed by atoms with van der Waals surface area (Å²) in [6.07, 6.45) is 3.19. The zero-order valence-electron chi connectivity index (χ0n) is 14.1. The topological polar surface area (TPSA) is 79.8 Å². The SMILES string of the molecule is CC1CC(=O)NN=C1c1ccc(NC(=O)C2(C)CCCCO2)cc1. The highest BCUT2D eigenvalue weighted by Crippen LogP contribution is 2.26. The average molecular weight is 329 g/mol. The van der Waals surface area contributed by atoms with Crippen LogP contribution in [0.1, 0.15) is 45.1 Å². The van der Waals surface area contributed by atoms with Crippen molar-refractivity contribution in [2.45, 2.75) is 45.1 Å². The first kappa shape index (κ1) is 16.6. The lowest BCUT2D eigenvalue weighted by Crippen LogP contribution is -2.45. The van der Waals surface area contributed by atoms with Crippen molar-refractivity contribution in [3.8, 4) is 0 Å². The van der Waals surface area contributed by atoms with Crippen LogP contribution in [-0.2, 0) is 14.3 Å². The number of hydrogen-bond acceptors (Lipinski definition) is 4. The maximum absolute atomic E-state index is 12.5. The van der Waals surface area contributed by atoms with E-state index in [0.29, 0.717) is 13.0 Å². The molecule has 0 bridgehead atoms. The predicted molar refractivity (Wildman–Crippen MR) is 91.7 cm³/mol. The monoisotopic (exact) mass is 329 g/mol. The fraction of sp³-hybridized carbons (Fsp3) is 0.500. The van der Waals surface area contributed by atoms with Crippen LogP contribution in [-0.4, -0.2) is 29.7 Å². The number of hydrazone groups is 1. The summed E-state index contributed by atoms with van der Waals surface area (Å²) in [5.74, 6) is -0.0878. The highest BCUT2D eigenvalue weighted by Gasteiger charge is 2.36. The Morgan fingerprint density at radius 2 is 2.08 bits per heavy atom. The van der Waals surface area contributed by atoms with Crippen molar-refractivity contribution in [2.24, 2.45) is 11.0 Å². The molecular formula is C18H23N3O3. The van der Waals surface area contributed by atoms with E-state index in [-0.39, 0.29) is 17.7 Å². The van der Waals surface area contributed by atoms with E-state index in [4.69, 9.17) is 4.74 Å². The van der Waals surface area contributed by atoms with E-state index < -0.39 is 5.60 Å². The van der Waals surface area contributed by atoms with Gasteiger partial charge in [0.2, 0.25) is 5.91 Å². The van der Waals surface area contributed by atoms with Crippen molar-refractivity contribution >= 4 is 23.2 Å². The maximum Gasteiger partial charge on any atom is 0.256 e. The number of ether oxygens (including phenoxy) is 1. The summed E-state index contributed by atoms with van der Waals surface area (Å²) in [4.78, 5) is 23.8. The Balaban J connectivity index is 1.68. The molecule has 128 valence electrons. The third-order valence-electron chi connectivity index (χ3n) is 4.65. The Kier molecular flexibility index (Phi) is 4.66. The molecule has 1 aromatic carbocycles. The molecule has 0 radical (unpaired) electrons. The molecule has 2 N–H and O–H groups in total. The second-order valence-electron chi connectivity index (χ2n) is 6.71. The predicted octanol–water partition coefficient (Wildman–Crippen LogP) is 2.44. The van der Waals surface area contributed by atoms with Crippen LogP contribution >= 0.6 is 0 Å². The highest BCUT2D eigenvalue weighted by molar-refractivity contribution is 6.06. The van der Waals surface area contributed by atoms with Crippen molar-refractivity contribution in [3.63, 3.8) is 0 Å². The van der Waals surface area contributed by atoms with E-state index in [2.05, 4.69) is 15.8 Å². The first-order valence-electron chi connectivity index (χ1n) is 8.40. The minimum absolute atomic E-state index is 0.0594. The van der Waals surface area contributed by atoms with Crippen molar-refractivity contribution in [1.82, 2.24) is 5.43 Å². The number of benzene rings is 1. The van der Waals surface area contributed by atoms with Crippen LogP contribution in [0.2, 0.25) is 0 Å². The number of rotatable bonds is 3. The third kappa shape index (κ3) is 3.48. The molecule has 2 amide bonds. The number of nitrogens with zero attached hydrogens (tertiary/aromatic N) is 1. The molecule has 3 rings (SSSR count). The lowest BCUT2D eigenvalue weighted by Gasteiger charge is -2.32. The Hall–Kier alpha value is -2.21. The Morgan fingerprint density at radius 3 is 2.71 bits per heavy atom. The van der Waals surface area contributed by atoms with Crippen molar-refractivity contribution in [1.29, 1.82) is 0 Å². The average Bonchev–Trinajstić information content (AvgIpc) is 2.56. The van der Waals surface area contributed by atoms with Crippen LogP contribution in [0.25, 0.3) is 0 Å². The summed E-state index contributed by atoms with van der Waals surface area (Å²) >= 11 is 0. The zero-order valence-corrected chi connectivity index (χ0v) is 14.1. The number of nitrogens with one attached hydrogen (secondary N) is 2. The van der Waals surface area contributed by atoms with Gasteiger partial charge < -0.3 is 10.1 Å². The second-order valence-corrected chi connectivity index (χ2v) is 6.71. The smallest absolute Gasteiger partial charge is 0.256 e. The molecule has 0 aliphatic carbocycles. The lowest BCUT2D eigenvalue weighted by atomic mass is 9.93. The zero-order chi connectivity index (χ0) is 17.2. The lowest BCUT2D eigenvalue weighted by molar-refractivity contribution is -0.144. The molecule has 2 heterocycles. The van der Waals surface area contributed by atoms with Gasteiger partial charge in [-0.2, -0.15) is 5.10 Å². The van der Waals surface area contributed by atoms with Crippen LogP contribution in [0.3, 0.4) is 0 Å². The summed E-state index contributed by atoms with van der Waals surface area (Å²) in [6, 6.07) is 7.52. The number of hydrogen-bond donors (Lipinski definition) is 2. The summed E-state index contributed by atoms with van der Waals surface area (Å²) in [5, 5.41) is 7.07. The molecule has 24 heavy (non-hydrogen) atoms. The van der Waals surface area contributed by atoms with Gasteiger partial charge in [-0.1, -0.05) is 19.1 Å². The van der Waals surface area contributed by atoms with Gasteiger partial charge in [0, 0.05) is 24.6 Å². The van der Waals surface area contributed by atoms with Gasteiger partial charge in [0.1, 0.15) is 5.60 Å². The maximum atomic E-state index is 12.5. The Morgan fingerprint density at radius 1 is 1.33 bits per heavy atom. The molecule has 6 heteroatoms. The molecule has 0 saturated carbocycles. The van der Waals surface area contributed by atoms with E-state index >= 15 is 0 Å². The Bertz CT molecular complexity index is 661. The fourth-order valence-electron chi connectivity index (χ4n) is 3.10. The molecule has 2 unspecified atom stereocenters. The van der Waals surface area contributed by atoms with Crippen LogP contribution in [0.4, 0.5) is 5.69 Å². The van der Waals surface area contributed by atoms with E-state index in [1.807, 2.05) is 38.1 Å². The minimum Gasteiger partial charge on any atom is -0.365 e. The molecule has 1 fully saturated rings. The molecule has 2 atom stereocenters. The number of amides is 2. The van der Waals surface area contributed by atoms with Crippen molar-refractivity contribution in [3.05, 3.63) is 29.8 Å². The number of anilines is 1. The minimum atomic E-state index is -0.747. The van der Waals surface area contributed by atoms with Gasteiger partial charge in [-0.3, -0.25) is 9.59 Å². The summed E-state index contributed by atoms with van der Waals surface area (Å²) < 4.78 is 5.67. The number of carbonyl (C=O) groups is 2. The summed E-state index contributed by atoms with van der Waals surface area (Å²) in [5.41, 5.74) is 4.30. The second kappa shape index (κ2) is 6.73. The van der Waals surface area contributed by atoms with Gasteiger partial charge in [-0.05, 0) is 43.9 Å². The van der Waals surface area contributed by atoms with E-state index in [1.54, 1.807) is 0 Å². The molecule has 2 aliphatic rings. The summed E-state index contributed by atoms with van der Waals surface area (Å²) in [6.45, 7) is 4.46. The van der Waals surface area contributed by atoms with Crippen LogP contribution < -0.4 is 10.7 Å². The van der Waals surface area contributed by atoms with Gasteiger partial charge in [0.15, 0.2) is 0 Å². The first-order valence-corrected chi connectivity index (χ1v) is 8.40. The van der Waals surface area contributed by atoms with E-state index in [0.717, 1.165) is 36.2 Å². The van der Waals surface area contributed by atoms with Gasteiger partial charge in [-0.15, -0.1) is 0 Å². The van der Waals surface area contributed by atoms with Gasteiger partial charge >= 0.3 is 0 Å². The van der Waals surface area contributed by atoms with Crippen molar-refractivity contribution in [2.75, 3.05) is 11.9 Å². The number of carbonyl (C=O) groups excluding carboxylic acids is 2. The first-order chi connectivity index (χ1) is 11.5. The van der Waals surface area contributed by atoms with Gasteiger partial charge in [0.25, 0.3) is 5.91 Å². The van der Waals surface area contributed by atoms with E-state index in [9.17, 15) is 9.59 Å². The molecule has 6 nitrogen and oxygen atoms in total. The van der Waals surface area contributed by atoms with E-state index in [1.165, 1.54) is 0 Å². The summed E-state index contributed by atoms with van der Waals surface area (Å²) in [7, 11) is 0. The highest BCUT2D eigenvalue weighted by atomic mass is 16.5. The molecule has 0 aromatic heterocycles. The molecule has 0 spiro atoms. The van der Waals surface area contributed by atoms with Crippen molar-refractivity contribution < 1.29 is 14.3 Å². The van der Waals surface area contributed by atoms with Gasteiger partial charge in [-0.25, -0.2) is 5.43 Å². The van der Waals surface area contributed by atoms with Crippen LogP contribution in [0.5, 0.6) is 0 Å². The molecule has 1 saturated heterocycles. The molecular weight excluding hydrogens is 306 g/mol. The standard InChI is InChI=1S/C18H23N3O3/c1-12-11-15(22)20-21-16(12)13-5-7-14(8-6-13)19-17(23)18(2)9-3-4-10-24-18/h5-8,12H,3-4,9-11H2,1-2H3,(H,19,23)(H,20,22). The fourth-order valence-corrected chi connectivity index (χ4v) is 3.10. The normalized spacial score (nSPS) is 27.2. The largest absolute Gasteiger partial charge is 0.365 e. The Labute approximate surface area is 141 Å². The van der Waals surface area contributed by atoms with Gasteiger partial charge in [0.05, 0.1) is 5.71 Å². The quantitative estimate of drug-likeness (QED) is 0.894. The third-order valence-corrected chi connectivity index (χ3v) is 4.65. The van der Waals surface area contributed by atoms with Crippen LogP contribution in [0.15, 0.2) is 29.4 Å². The molecule has 2 aliphatic heterocycles. The van der Waals surface area contributed by atoms with Crippen LogP contribution in [0, 0.1) is 5.92 Å². The molecule has 1 aromatic rings.